The van der Waals surface area contributed by atoms with Crippen molar-refractivity contribution in [2.45, 2.75) is 31.2 Å². The lowest BCUT2D eigenvalue weighted by Gasteiger charge is -2.14. The van der Waals surface area contributed by atoms with Gasteiger partial charge in [-0.15, -0.1) is 35.7 Å². The van der Waals surface area contributed by atoms with Crippen molar-refractivity contribution in [1.82, 2.24) is 10.6 Å². The van der Waals surface area contributed by atoms with E-state index in [1.165, 1.54) is 21.6 Å². The quantitative estimate of drug-likeness (QED) is 0.180. The highest BCUT2D eigenvalue weighted by molar-refractivity contribution is 14.0. The van der Waals surface area contributed by atoms with Crippen LogP contribution in [0.15, 0.2) is 52.4 Å². The Kier molecular flexibility index (Phi) is 10.5. The van der Waals surface area contributed by atoms with Crippen LogP contribution in [0.4, 0.5) is 0 Å². The van der Waals surface area contributed by atoms with E-state index in [0.29, 0.717) is 5.75 Å². The minimum absolute atomic E-state index is 0. The maximum atomic E-state index is 9.30. The molecule has 0 aliphatic carbocycles. The zero-order valence-corrected chi connectivity index (χ0v) is 18.7. The molecule has 0 aliphatic rings. The fourth-order valence-electron chi connectivity index (χ4n) is 2.56. The molecule has 0 atom stereocenters. The second-order valence-electron chi connectivity index (χ2n) is 5.94. The number of rotatable bonds is 7. The minimum atomic E-state index is 0. The van der Waals surface area contributed by atoms with Crippen molar-refractivity contribution in [3.63, 3.8) is 0 Å². The summed E-state index contributed by atoms with van der Waals surface area (Å²) in [5, 5.41) is 16.0. The summed E-state index contributed by atoms with van der Waals surface area (Å²) in [6, 6.07) is 13.9. The number of halogens is 1. The maximum Gasteiger partial charge on any atom is 0.191 e. The van der Waals surface area contributed by atoms with E-state index in [1.54, 1.807) is 30.9 Å². The first kappa shape index (κ1) is 22.6. The molecule has 0 amide bonds. The van der Waals surface area contributed by atoms with Crippen molar-refractivity contribution in [2.24, 2.45) is 4.99 Å². The Morgan fingerprint density at radius 2 is 1.85 bits per heavy atom. The van der Waals surface area contributed by atoms with Crippen molar-refractivity contribution in [1.29, 1.82) is 0 Å². The Morgan fingerprint density at radius 3 is 2.50 bits per heavy atom. The van der Waals surface area contributed by atoms with Gasteiger partial charge in [-0.2, -0.15) is 0 Å². The van der Waals surface area contributed by atoms with Crippen LogP contribution in [0.25, 0.3) is 0 Å². The third-order valence-electron chi connectivity index (χ3n) is 3.98. The molecule has 0 saturated heterocycles. The molecular formula is C20H28IN3OS. The van der Waals surface area contributed by atoms with Crippen LogP contribution in [0.3, 0.4) is 0 Å². The van der Waals surface area contributed by atoms with Crippen molar-refractivity contribution in [3.05, 3.63) is 59.2 Å². The minimum Gasteiger partial charge on any atom is -0.508 e. The summed E-state index contributed by atoms with van der Waals surface area (Å²) < 4.78 is 0. The number of phenols is 1. The Hall–Kier alpha value is -1.41. The van der Waals surface area contributed by atoms with E-state index in [9.17, 15) is 5.11 Å². The van der Waals surface area contributed by atoms with Crippen LogP contribution >= 0.6 is 35.7 Å². The summed E-state index contributed by atoms with van der Waals surface area (Å²) in [5.74, 6) is 1.13. The van der Waals surface area contributed by atoms with E-state index < -0.39 is 0 Å². The van der Waals surface area contributed by atoms with Crippen LogP contribution in [0, 0.1) is 6.92 Å². The Balaban J connectivity index is 0.00000338. The molecule has 0 saturated carbocycles. The zero-order chi connectivity index (χ0) is 18.1. The van der Waals surface area contributed by atoms with Crippen LogP contribution in [-0.2, 0) is 13.0 Å². The van der Waals surface area contributed by atoms with E-state index in [1.807, 2.05) is 12.1 Å². The molecule has 0 unspecified atom stereocenters. The van der Waals surface area contributed by atoms with Crippen molar-refractivity contribution in [3.8, 4) is 5.75 Å². The van der Waals surface area contributed by atoms with E-state index in [4.69, 9.17) is 0 Å². The van der Waals surface area contributed by atoms with E-state index in [2.05, 4.69) is 47.0 Å². The highest BCUT2D eigenvalue weighted by atomic mass is 127. The molecule has 0 heterocycles. The van der Waals surface area contributed by atoms with Gasteiger partial charge in [0, 0.05) is 25.0 Å². The number of aryl methyl sites for hydroxylation is 2. The molecule has 4 nitrogen and oxygen atoms in total. The largest absolute Gasteiger partial charge is 0.508 e. The van der Waals surface area contributed by atoms with Gasteiger partial charge in [-0.3, -0.25) is 4.99 Å². The van der Waals surface area contributed by atoms with E-state index in [-0.39, 0.29) is 24.0 Å². The average molecular weight is 485 g/mol. The van der Waals surface area contributed by atoms with Gasteiger partial charge < -0.3 is 15.7 Å². The number of nitrogens with zero attached hydrogens (tertiary/aromatic N) is 1. The molecule has 0 fully saturated rings. The second kappa shape index (κ2) is 12.1. The molecule has 0 spiro atoms. The molecule has 0 radical (unpaired) electrons. The Bertz CT molecular complexity index is 705. The summed E-state index contributed by atoms with van der Waals surface area (Å²) in [4.78, 5) is 5.59. The lowest BCUT2D eigenvalue weighted by atomic mass is 10.1. The number of thioether (sulfide) groups is 1. The normalized spacial score (nSPS) is 11.0. The van der Waals surface area contributed by atoms with Crippen LogP contribution < -0.4 is 10.6 Å². The molecule has 142 valence electrons. The fraction of sp³-hybridized carbons (Fsp3) is 0.350. The van der Waals surface area contributed by atoms with Crippen molar-refractivity contribution >= 4 is 41.7 Å². The van der Waals surface area contributed by atoms with Crippen LogP contribution in [0.5, 0.6) is 5.75 Å². The molecule has 0 bridgehead atoms. The number of benzene rings is 2. The first-order valence-electron chi connectivity index (χ1n) is 8.48. The third-order valence-corrected chi connectivity index (χ3v) is 4.80. The highest BCUT2D eigenvalue weighted by Gasteiger charge is 2.04. The molecule has 0 aromatic heterocycles. The van der Waals surface area contributed by atoms with Gasteiger partial charge in [0.1, 0.15) is 5.75 Å². The van der Waals surface area contributed by atoms with Gasteiger partial charge in [-0.25, -0.2) is 0 Å². The Morgan fingerprint density at radius 1 is 1.12 bits per heavy atom. The number of guanidine groups is 1. The lowest BCUT2D eigenvalue weighted by molar-refractivity contribution is 0.475. The maximum absolute atomic E-state index is 9.30. The van der Waals surface area contributed by atoms with Crippen LogP contribution in [0.1, 0.15) is 23.1 Å². The molecule has 26 heavy (non-hydrogen) atoms. The molecule has 3 N–H and O–H groups in total. The van der Waals surface area contributed by atoms with Crippen LogP contribution in [0.2, 0.25) is 0 Å². The number of aliphatic imine (C=N–C) groups is 1. The number of nitrogens with one attached hydrogen (secondary N) is 2. The lowest BCUT2D eigenvalue weighted by Crippen LogP contribution is -2.37. The van der Waals surface area contributed by atoms with E-state index >= 15 is 0 Å². The summed E-state index contributed by atoms with van der Waals surface area (Å²) in [5.41, 5.74) is 3.79. The zero-order valence-electron chi connectivity index (χ0n) is 15.6. The summed E-state index contributed by atoms with van der Waals surface area (Å²) in [6.45, 7) is 3.73. The molecule has 2 aromatic carbocycles. The molecular weight excluding hydrogens is 457 g/mol. The van der Waals surface area contributed by atoms with Gasteiger partial charge in [0.05, 0.1) is 0 Å². The molecule has 6 heteroatoms. The highest BCUT2D eigenvalue weighted by Crippen LogP contribution is 2.21. The SMILES string of the molecule is CN=C(NCCCc1ccc(O)cc1)NCc1ccc(C)cc1SC.I. The molecule has 2 rings (SSSR count). The van der Waals surface area contributed by atoms with Gasteiger partial charge in [0.25, 0.3) is 0 Å². The second-order valence-corrected chi connectivity index (χ2v) is 6.79. The molecule has 2 aromatic rings. The van der Waals surface area contributed by atoms with Crippen LogP contribution in [-0.4, -0.2) is 30.9 Å². The monoisotopic (exact) mass is 485 g/mol. The van der Waals surface area contributed by atoms with E-state index in [0.717, 1.165) is 31.9 Å². The predicted octanol–water partition coefficient (Wildman–Crippen LogP) is 4.34. The summed E-state index contributed by atoms with van der Waals surface area (Å²) in [6.07, 6.45) is 4.08. The number of hydrogen-bond acceptors (Lipinski definition) is 3. The third kappa shape index (κ3) is 7.45. The Labute approximate surface area is 177 Å². The number of hydrogen-bond donors (Lipinski definition) is 3. The first-order valence-corrected chi connectivity index (χ1v) is 9.71. The topological polar surface area (TPSA) is 56.7 Å². The summed E-state index contributed by atoms with van der Waals surface area (Å²) in [7, 11) is 1.79. The predicted molar refractivity (Wildman–Crippen MR) is 123 cm³/mol. The summed E-state index contributed by atoms with van der Waals surface area (Å²) >= 11 is 1.77. The van der Waals surface area contributed by atoms with Gasteiger partial charge in [-0.1, -0.05) is 24.3 Å². The average Bonchev–Trinajstić information content (AvgIpc) is 2.63. The smallest absolute Gasteiger partial charge is 0.191 e. The number of aromatic hydroxyl groups is 1. The van der Waals surface area contributed by atoms with Gasteiger partial charge in [-0.05, 0) is 60.9 Å². The van der Waals surface area contributed by atoms with Crippen molar-refractivity contribution < 1.29 is 5.11 Å². The van der Waals surface area contributed by atoms with Crippen molar-refractivity contribution in [2.75, 3.05) is 19.8 Å². The number of phenolic OH excluding ortho intramolecular Hbond substituents is 1. The first-order chi connectivity index (χ1) is 12.1. The fourth-order valence-corrected chi connectivity index (χ4v) is 3.27. The van der Waals surface area contributed by atoms with Gasteiger partial charge >= 0.3 is 0 Å². The van der Waals surface area contributed by atoms with Gasteiger partial charge in [0.2, 0.25) is 0 Å². The molecule has 0 aliphatic heterocycles. The van der Waals surface area contributed by atoms with Gasteiger partial charge in [0.15, 0.2) is 5.96 Å². The standard InChI is InChI=1S/C20H27N3OS.HI/c1-15-6-9-17(19(13-15)25-3)14-23-20(21-2)22-12-4-5-16-7-10-18(24)11-8-16;/h6-11,13,24H,4-5,12,14H2,1-3H3,(H2,21,22,23);1H.